The van der Waals surface area contributed by atoms with E-state index in [2.05, 4.69) is 21.4 Å². The van der Waals surface area contributed by atoms with Crippen molar-refractivity contribution in [1.29, 1.82) is 0 Å². The van der Waals surface area contributed by atoms with Gasteiger partial charge in [0.05, 0.1) is 51.2 Å². The van der Waals surface area contributed by atoms with Gasteiger partial charge in [-0.1, -0.05) is 30.3 Å². The average Bonchev–Trinajstić information content (AvgIpc) is 3.38. The molecule has 1 saturated heterocycles. The third-order valence-corrected chi connectivity index (χ3v) is 9.04. The van der Waals surface area contributed by atoms with Gasteiger partial charge >= 0.3 is 0 Å². The van der Waals surface area contributed by atoms with E-state index in [0.29, 0.717) is 56.3 Å². The van der Waals surface area contributed by atoms with Crippen LogP contribution in [0.4, 0.5) is 0 Å². The van der Waals surface area contributed by atoms with Crippen molar-refractivity contribution < 1.29 is 28.5 Å². The Hall–Kier alpha value is -3.44. The zero-order valence-corrected chi connectivity index (χ0v) is 27.8. The van der Waals surface area contributed by atoms with E-state index in [1.165, 1.54) is 0 Å². The van der Waals surface area contributed by atoms with Crippen LogP contribution in [-0.4, -0.2) is 118 Å². The fourth-order valence-electron chi connectivity index (χ4n) is 6.21. The summed E-state index contributed by atoms with van der Waals surface area (Å²) >= 11 is 0. The minimum Gasteiger partial charge on any atom is -0.382 e. The number of methoxy groups -OCH3 is 2. The zero-order valence-electron chi connectivity index (χ0n) is 27.8. The molecule has 9 heteroatoms. The number of carbonyl (C=O) groups excluding carboxylic acids is 2. The molecule has 0 bridgehead atoms. The Morgan fingerprint density at radius 3 is 2.02 bits per heavy atom. The number of fused-ring (bicyclic) bond motifs is 3. The van der Waals surface area contributed by atoms with E-state index in [-0.39, 0.29) is 17.7 Å². The SMILES string of the molecule is COCCOCC(Cn1c2ccc(C(=O)c3ccccc3)cc2c2cc(C(=O)C(C)(C)N3CCN(C)CC3)ccc21)OCCOC. The minimum absolute atomic E-state index is 0.0425. The molecule has 1 atom stereocenters. The van der Waals surface area contributed by atoms with E-state index in [1.807, 2.05) is 80.6 Å². The maximum Gasteiger partial charge on any atom is 0.193 e. The fourth-order valence-corrected chi connectivity index (χ4v) is 6.21. The van der Waals surface area contributed by atoms with Gasteiger partial charge in [-0.2, -0.15) is 0 Å². The van der Waals surface area contributed by atoms with Gasteiger partial charge in [0.15, 0.2) is 11.6 Å². The normalized spacial score (nSPS) is 15.5. The molecule has 0 N–H and O–H groups in total. The van der Waals surface area contributed by atoms with Crippen LogP contribution >= 0.6 is 0 Å². The standard InChI is InChI=1S/C37H47N3O6/c1-37(2,39-17-15-38(3)16-18-39)36(42)29-12-14-34-32(24-29)31-23-28(35(41)27-9-7-6-8-10-27)11-13-33(31)40(34)25-30(46-22-20-44-5)26-45-21-19-43-4/h6-14,23-24,30H,15-22,25-26H2,1-5H3. The lowest BCUT2D eigenvalue weighted by Gasteiger charge is -2.42. The zero-order chi connectivity index (χ0) is 32.7. The highest BCUT2D eigenvalue weighted by atomic mass is 16.6. The van der Waals surface area contributed by atoms with Gasteiger partial charge in [0.1, 0.15) is 0 Å². The van der Waals surface area contributed by atoms with Crippen molar-refractivity contribution in [2.24, 2.45) is 0 Å². The summed E-state index contributed by atoms with van der Waals surface area (Å²) in [7, 11) is 5.42. The second kappa shape index (κ2) is 15.4. The molecular formula is C37H47N3O6. The summed E-state index contributed by atoms with van der Waals surface area (Å²) in [6, 6.07) is 21.1. The highest BCUT2D eigenvalue weighted by Gasteiger charge is 2.36. The minimum atomic E-state index is -0.651. The number of rotatable bonds is 16. The fraction of sp³-hybridized carbons (Fsp3) is 0.459. The van der Waals surface area contributed by atoms with Crippen LogP contribution in [0.5, 0.6) is 0 Å². The molecule has 9 nitrogen and oxygen atoms in total. The summed E-state index contributed by atoms with van der Waals surface area (Å²) in [5, 5.41) is 1.84. The lowest BCUT2D eigenvalue weighted by molar-refractivity contribution is -0.0457. The van der Waals surface area contributed by atoms with Crippen LogP contribution in [0.15, 0.2) is 66.7 Å². The highest BCUT2D eigenvalue weighted by Crippen LogP contribution is 2.33. The van der Waals surface area contributed by atoms with Crippen molar-refractivity contribution in [3.8, 4) is 0 Å². The Labute approximate surface area is 271 Å². The van der Waals surface area contributed by atoms with Gasteiger partial charge in [-0.15, -0.1) is 0 Å². The number of nitrogens with zero attached hydrogens (tertiary/aromatic N) is 3. The summed E-state index contributed by atoms with van der Waals surface area (Å²) in [5.74, 6) is 0.0443. The van der Waals surface area contributed by atoms with Crippen molar-refractivity contribution in [2.75, 3.05) is 80.5 Å². The maximum atomic E-state index is 14.1. The molecule has 2 heterocycles. The number of ketones is 2. The van der Waals surface area contributed by atoms with Crippen molar-refractivity contribution >= 4 is 33.4 Å². The lowest BCUT2D eigenvalue weighted by atomic mass is 9.90. The third kappa shape index (κ3) is 7.57. The van der Waals surface area contributed by atoms with Gasteiger partial charge in [0.2, 0.25) is 0 Å². The predicted molar refractivity (Wildman–Crippen MR) is 181 cm³/mol. The topological polar surface area (TPSA) is 82.5 Å². The van der Waals surface area contributed by atoms with Crippen LogP contribution < -0.4 is 0 Å². The van der Waals surface area contributed by atoms with Crippen molar-refractivity contribution in [3.05, 3.63) is 83.4 Å². The Kier molecular flexibility index (Phi) is 11.4. The van der Waals surface area contributed by atoms with Crippen LogP contribution in [0.3, 0.4) is 0 Å². The molecule has 0 amide bonds. The lowest BCUT2D eigenvalue weighted by Crippen LogP contribution is -2.57. The van der Waals surface area contributed by atoms with Crippen LogP contribution in [0.2, 0.25) is 0 Å². The first-order chi connectivity index (χ1) is 22.2. The quantitative estimate of drug-likeness (QED) is 0.128. The number of likely N-dealkylation sites (N-methyl/N-ethyl adjacent to an activating group) is 1. The van der Waals surface area contributed by atoms with Crippen LogP contribution in [0, 0.1) is 0 Å². The van der Waals surface area contributed by atoms with Gasteiger partial charge in [-0.25, -0.2) is 0 Å². The number of piperazine rings is 1. The summed E-state index contributed by atoms with van der Waals surface area (Å²) in [6.07, 6.45) is -0.256. The van der Waals surface area contributed by atoms with E-state index >= 15 is 0 Å². The molecule has 0 spiro atoms. The smallest absolute Gasteiger partial charge is 0.193 e. The molecule has 0 aliphatic carbocycles. The summed E-state index contributed by atoms with van der Waals surface area (Å²) in [5.41, 5.74) is 3.16. The number of aromatic nitrogens is 1. The molecule has 1 unspecified atom stereocenters. The van der Waals surface area contributed by atoms with Gasteiger partial charge in [0.25, 0.3) is 0 Å². The maximum absolute atomic E-state index is 14.1. The van der Waals surface area contributed by atoms with Gasteiger partial charge in [-0.05, 0) is 57.3 Å². The molecule has 1 aliphatic heterocycles. The Bertz CT molecular complexity index is 1620. The molecule has 1 aromatic heterocycles. The number of benzene rings is 3. The second-order valence-corrected chi connectivity index (χ2v) is 12.5. The first-order valence-corrected chi connectivity index (χ1v) is 16.1. The molecule has 246 valence electrons. The first-order valence-electron chi connectivity index (χ1n) is 16.1. The van der Waals surface area contributed by atoms with Crippen LogP contribution in [0.25, 0.3) is 21.8 Å². The van der Waals surface area contributed by atoms with E-state index in [9.17, 15) is 9.59 Å². The van der Waals surface area contributed by atoms with E-state index in [1.54, 1.807) is 14.2 Å². The number of hydrogen-bond acceptors (Lipinski definition) is 8. The van der Waals surface area contributed by atoms with E-state index in [4.69, 9.17) is 18.9 Å². The largest absolute Gasteiger partial charge is 0.382 e. The molecule has 3 aromatic carbocycles. The molecule has 1 fully saturated rings. The first kappa shape index (κ1) is 33.9. The number of carbonyl (C=O) groups is 2. The van der Waals surface area contributed by atoms with E-state index in [0.717, 1.165) is 48.0 Å². The number of Topliss-reactive ketones (excluding diaryl/α,β-unsaturated/α-hetero) is 1. The summed E-state index contributed by atoms with van der Waals surface area (Å²) < 4.78 is 24.7. The van der Waals surface area contributed by atoms with Gasteiger partial charge < -0.3 is 28.4 Å². The Balaban J connectivity index is 1.56. The number of ether oxygens (including phenoxy) is 4. The monoisotopic (exact) mass is 629 g/mol. The second-order valence-electron chi connectivity index (χ2n) is 12.5. The average molecular weight is 630 g/mol. The van der Waals surface area contributed by atoms with Crippen molar-refractivity contribution in [1.82, 2.24) is 14.4 Å². The number of hydrogen-bond donors (Lipinski definition) is 0. The van der Waals surface area contributed by atoms with Crippen LogP contribution in [-0.2, 0) is 25.5 Å². The third-order valence-electron chi connectivity index (χ3n) is 9.04. The summed E-state index contributed by atoms with van der Waals surface area (Å²) in [6.45, 7) is 10.4. The molecule has 0 radical (unpaired) electrons. The highest BCUT2D eigenvalue weighted by molar-refractivity contribution is 6.16. The predicted octanol–water partition coefficient (Wildman–Crippen LogP) is 4.93. The molecule has 5 rings (SSSR count). The van der Waals surface area contributed by atoms with Gasteiger partial charge in [-0.3, -0.25) is 14.5 Å². The molecular weight excluding hydrogens is 582 g/mol. The molecule has 0 saturated carbocycles. The molecule has 1 aliphatic rings. The van der Waals surface area contributed by atoms with Crippen molar-refractivity contribution in [3.63, 3.8) is 0 Å². The van der Waals surface area contributed by atoms with Crippen LogP contribution in [0.1, 0.15) is 40.1 Å². The Morgan fingerprint density at radius 2 is 1.37 bits per heavy atom. The Morgan fingerprint density at radius 1 is 0.761 bits per heavy atom. The molecule has 46 heavy (non-hydrogen) atoms. The van der Waals surface area contributed by atoms with Gasteiger partial charge in [0, 0.05) is 78.9 Å². The summed E-state index contributed by atoms with van der Waals surface area (Å²) in [4.78, 5) is 32.2. The van der Waals surface area contributed by atoms with E-state index < -0.39 is 5.54 Å². The molecule has 4 aromatic rings. The van der Waals surface area contributed by atoms with Crippen molar-refractivity contribution in [2.45, 2.75) is 32.0 Å².